The number of amides is 1. The SMILES string of the molecule is NS(=O)(=O)c1ccc(CCNC(=O)C2NCCCCC2=O)cc1. The number of carbonyl (C=O) groups excluding carboxylic acids is 2. The molecule has 0 bridgehead atoms. The van der Waals surface area contributed by atoms with E-state index in [0.29, 0.717) is 25.9 Å². The topological polar surface area (TPSA) is 118 Å². The highest BCUT2D eigenvalue weighted by molar-refractivity contribution is 7.89. The first-order chi connectivity index (χ1) is 10.9. The predicted molar refractivity (Wildman–Crippen MR) is 85.2 cm³/mol. The first-order valence-corrected chi connectivity index (χ1v) is 9.08. The van der Waals surface area contributed by atoms with Crippen molar-refractivity contribution in [3.63, 3.8) is 0 Å². The molecule has 0 radical (unpaired) electrons. The van der Waals surface area contributed by atoms with Crippen molar-refractivity contribution in [3.8, 4) is 0 Å². The van der Waals surface area contributed by atoms with Gasteiger partial charge in [-0.2, -0.15) is 0 Å². The van der Waals surface area contributed by atoms with Gasteiger partial charge in [-0.3, -0.25) is 14.9 Å². The van der Waals surface area contributed by atoms with Crippen LogP contribution in [0.4, 0.5) is 0 Å². The molecule has 1 aromatic carbocycles. The highest BCUT2D eigenvalue weighted by atomic mass is 32.2. The third-order valence-corrected chi connectivity index (χ3v) is 4.68. The lowest BCUT2D eigenvalue weighted by molar-refractivity contribution is -0.130. The van der Waals surface area contributed by atoms with Gasteiger partial charge in [0.15, 0.2) is 5.78 Å². The molecule has 1 aliphatic rings. The summed E-state index contributed by atoms with van der Waals surface area (Å²) in [5.74, 6) is -0.379. The van der Waals surface area contributed by atoms with Gasteiger partial charge in [0.25, 0.3) is 0 Å². The van der Waals surface area contributed by atoms with Crippen molar-refractivity contribution in [2.24, 2.45) is 5.14 Å². The predicted octanol–water partition coefficient (Wildman–Crippen LogP) is -0.296. The monoisotopic (exact) mass is 339 g/mol. The van der Waals surface area contributed by atoms with E-state index < -0.39 is 16.1 Å². The van der Waals surface area contributed by atoms with Crippen LogP contribution in [0.25, 0.3) is 0 Å². The second kappa shape index (κ2) is 7.67. The molecule has 1 fully saturated rings. The van der Waals surface area contributed by atoms with Gasteiger partial charge >= 0.3 is 0 Å². The van der Waals surface area contributed by atoms with Crippen molar-refractivity contribution in [1.82, 2.24) is 10.6 Å². The van der Waals surface area contributed by atoms with E-state index in [1.807, 2.05) is 0 Å². The van der Waals surface area contributed by atoms with E-state index >= 15 is 0 Å². The Balaban J connectivity index is 1.84. The lowest BCUT2D eigenvalue weighted by Gasteiger charge is -2.14. The Morgan fingerprint density at radius 3 is 2.61 bits per heavy atom. The molecule has 1 aromatic rings. The number of primary sulfonamides is 1. The van der Waals surface area contributed by atoms with Crippen LogP contribution in [0.3, 0.4) is 0 Å². The number of Topliss-reactive ketones (excluding diaryl/α,β-unsaturated/α-hetero) is 1. The quantitative estimate of drug-likeness (QED) is 0.637. The van der Waals surface area contributed by atoms with Gasteiger partial charge in [0, 0.05) is 13.0 Å². The normalized spacial score (nSPS) is 19.2. The average Bonchev–Trinajstić information content (AvgIpc) is 2.71. The van der Waals surface area contributed by atoms with Crippen LogP contribution in [0.1, 0.15) is 24.8 Å². The van der Waals surface area contributed by atoms with Crippen LogP contribution in [0.15, 0.2) is 29.2 Å². The lowest BCUT2D eigenvalue weighted by Crippen LogP contribution is -2.48. The average molecular weight is 339 g/mol. The molecule has 23 heavy (non-hydrogen) atoms. The molecule has 0 spiro atoms. The minimum atomic E-state index is -3.69. The van der Waals surface area contributed by atoms with E-state index in [2.05, 4.69) is 10.6 Å². The van der Waals surface area contributed by atoms with E-state index in [9.17, 15) is 18.0 Å². The lowest BCUT2D eigenvalue weighted by atomic mass is 10.1. The van der Waals surface area contributed by atoms with Crippen molar-refractivity contribution in [1.29, 1.82) is 0 Å². The number of benzene rings is 1. The molecule has 0 aromatic heterocycles. The van der Waals surface area contributed by atoms with Crippen molar-refractivity contribution < 1.29 is 18.0 Å². The Labute approximate surface area is 135 Å². The van der Waals surface area contributed by atoms with Crippen molar-refractivity contribution in [2.45, 2.75) is 36.6 Å². The van der Waals surface area contributed by atoms with Crippen molar-refractivity contribution in [3.05, 3.63) is 29.8 Å². The Hall–Kier alpha value is -1.77. The van der Waals surface area contributed by atoms with Gasteiger partial charge in [-0.1, -0.05) is 12.1 Å². The first kappa shape index (κ1) is 17.6. The fourth-order valence-electron chi connectivity index (χ4n) is 2.45. The summed E-state index contributed by atoms with van der Waals surface area (Å²) in [7, 11) is -3.69. The molecular formula is C15H21N3O4S. The Morgan fingerprint density at radius 2 is 1.96 bits per heavy atom. The fourth-order valence-corrected chi connectivity index (χ4v) is 2.96. The third-order valence-electron chi connectivity index (χ3n) is 3.75. The van der Waals surface area contributed by atoms with Gasteiger partial charge in [-0.05, 0) is 43.5 Å². The molecule has 0 aliphatic carbocycles. The molecule has 126 valence electrons. The van der Waals surface area contributed by atoms with Crippen LogP contribution in [-0.2, 0) is 26.0 Å². The van der Waals surface area contributed by atoms with E-state index in [1.165, 1.54) is 12.1 Å². The molecule has 1 aliphatic heterocycles. The highest BCUT2D eigenvalue weighted by Gasteiger charge is 2.26. The summed E-state index contributed by atoms with van der Waals surface area (Å²) in [5.41, 5.74) is 0.873. The number of carbonyl (C=O) groups is 2. The number of nitrogens with two attached hydrogens (primary N) is 1. The minimum absolute atomic E-state index is 0.0542. The maximum atomic E-state index is 12.0. The summed E-state index contributed by atoms with van der Waals surface area (Å²) < 4.78 is 22.3. The highest BCUT2D eigenvalue weighted by Crippen LogP contribution is 2.09. The van der Waals surface area contributed by atoms with Crippen LogP contribution < -0.4 is 15.8 Å². The zero-order valence-corrected chi connectivity index (χ0v) is 13.6. The van der Waals surface area contributed by atoms with Gasteiger partial charge in [0.05, 0.1) is 4.90 Å². The molecule has 1 saturated heterocycles. The molecule has 1 unspecified atom stereocenters. The maximum absolute atomic E-state index is 12.0. The number of hydrogen-bond donors (Lipinski definition) is 3. The summed E-state index contributed by atoms with van der Waals surface area (Å²) in [4.78, 5) is 23.9. The third kappa shape index (κ3) is 5.12. The number of nitrogens with one attached hydrogen (secondary N) is 2. The molecule has 8 heteroatoms. The van der Waals surface area contributed by atoms with Gasteiger partial charge in [0.1, 0.15) is 6.04 Å². The summed E-state index contributed by atoms with van der Waals surface area (Å²) >= 11 is 0. The van der Waals surface area contributed by atoms with Gasteiger partial charge in [0.2, 0.25) is 15.9 Å². The minimum Gasteiger partial charge on any atom is -0.354 e. The molecule has 2 rings (SSSR count). The first-order valence-electron chi connectivity index (χ1n) is 7.53. The number of rotatable bonds is 5. The van der Waals surface area contributed by atoms with E-state index in [0.717, 1.165) is 18.4 Å². The van der Waals surface area contributed by atoms with Crippen molar-refractivity contribution in [2.75, 3.05) is 13.1 Å². The van der Waals surface area contributed by atoms with E-state index in [-0.39, 0.29) is 16.6 Å². The molecule has 1 heterocycles. The zero-order chi connectivity index (χ0) is 16.9. The Morgan fingerprint density at radius 1 is 1.26 bits per heavy atom. The van der Waals surface area contributed by atoms with Crippen LogP contribution >= 0.6 is 0 Å². The van der Waals surface area contributed by atoms with Crippen LogP contribution in [0, 0.1) is 0 Å². The van der Waals surface area contributed by atoms with Crippen LogP contribution in [0.5, 0.6) is 0 Å². The van der Waals surface area contributed by atoms with Crippen LogP contribution in [-0.4, -0.2) is 39.2 Å². The van der Waals surface area contributed by atoms with Gasteiger partial charge in [-0.15, -0.1) is 0 Å². The maximum Gasteiger partial charge on any atom is 0.244 e. The largest absolute Gasteiger partial charge is 0.354 e. The second-order valence-corrected chi connectivity index (χ2v) is 7.10. The molecule has 1 atom stereocenters. The molecule has 4 N–H and O–H groups in total. The smallest absolute Gasteiger partial charge is 0.244 e. The van der Waals surface area contributed by atoms with Crippen molar-refractivity contribution >= 4 is 21.7 Å². The summed E-state index contributed by atoms with van der Waals surface area (Å²) in [6.45, 7) is 1.04. The second-order valence-electron chi connectivity index (χ2n) is 5.54. The molecule has 0 saturated carbocycles. The van der Waals surface area contributed by atoms with E-state index in [1.54, 1.807) is 12.1 Å². The summed E-state index contributed by atoms with van der Waals surface area (Å²) in [5, 5.41) is 10.7. The van der Waals surface area contributed by atoms with Gasteiger partial charge in [-0.25, -0.2) is 13.6 Å². The molecule has 7 nitrogen and oxygen atoms in total. The summed E-state index contributed by atoms with van der Waals surface area (Å²) in [6.07, 6.45) is 2.68. The number of ketones is 1. The Kier molecular flexibility index (Phi) is 5.86. The van der Waals surface area contributed by atoms with E-state index in [4.69, 9.17) is 5.14 Å². The van der Waals surface area contributed by atoms with Crippen LogP contribution in [0.2, 0.25) is 0 Å². The number of hydrogen-bond acceptors (Lipinski definition) is 5. The molecular weight excluding hydrogens is 318 g/mol. The van der Waals surface area contributed by atoms with Gasteiger partial charge < -0.3 is 5.32 Å². The molecule has 1 amide bonds. The zero-order valence-electron chi connectivity index (χ0n) is 12.7. The Bertz CT molecular complexity index is 670. The number of sulfonamides is 1. The summed E-state index contributed by atoms with van der Waals surface area (Å²) in [6, 6.07) is 5.41. The standard InChI is InChI=1S/C15H21N3O4S/c16-23(21,22)12-6-4-11(5-7-12)8-10-18-15(20)14-13(19)3-1-2-9-17-14/h4-7,14,17H,1-3,8-10H2,(H,18,20)(H2,16,21,22). The fraction of sp³-hybridized carbons (Fsp3) is 0.467.